The van der Waals surface area contributed by atoms with Gasteiger partial charge in [-0.3, -0.25) is 9.59 Å². The Morgan fingerprint density at radius 2 is 1.57 bits per heavy atom. The van der Waals surface area contributed by atoms with E-state index >= 15 is 0 Å². The largest absolute Gasteiger partial charge is 0.507 e. The first-order valence-corrected chi connectivity index (χ1v) is 14.6. The van der Waals surface area contributed by atoms with Gasteiger partial charge in [0.1, 0.15) is 34.3 Å². The maximum Gasteiger partial charge on any atom is 0.201 e. The van der Waals surface area contributed by atoms with Gasteiger partial charge in [-0.25, -0.2) is 0 Å². The molecular formula is C35H32N2O9. The lowest BCUT2D eigenvalue weighted by atomic mass is 9.77. The van der Waals surface area contributed by atoms with Gasteiger partial charge in [-0.05, 0) is 44.5 Å². The molecule has 4 aromatic carbocycles. The molecule has 1 aliphatic rings. The van der Waals surface area contributed by atoms with E-state index in [1.54, 1.807) is 41.9 Å². The van der Waals surface area contributed by atoms with Crippen LogP contribution < -0.4 is 29.8 Å². The Bertz CT molecular complexity index is 2410. The molecule has 46 heavy (non-hydrogen) atoms. The smallest absolute Gasteiger partial charge is 0.201 e. The molecule has 7 rings (SSSR count). The van der Waals surface area contributed by atoms with Gasteiger partial charge in [0.2, 0.25) is 10.9 Å². The van der Waals surface area contributed by atoms with Gasteiger partial charge in [-0.1, -0.05) is 6.07 Å². The van der Waals surface area contributed by atoms with Crippen LogP contribution in [0.1, 0.15) is 37.3 Å². The highest BCUT2D eigenvalue weighted by Gasteiger charge is 2.41. The van der Waals surface area contributed by atoms with Crippen LogP contribution in [0.2, 0.25) is 0 Å². The number of pyridine rings is 2. The van der Waals surface area contributed by atoms with Gasteiger partial charge in [0.05, 0.1) is 64.9 Å². The highest BCUT2D eigenvalue weighted by Crippen LogP contribution is 2.54. The second-order valence-electron chi connectivity index (χ2n) is 12.2. The Morgan fingerprint density at radius 1 is 0.848 bits per heavy atom. The molecule has 0 radical (unpaired) electrons. The number of rotatable bonds is 4. The van der Waals surface area contributed by atoms with Gasteiger partial charge in [-0.2, -0.15) is 0 Å². The van der Waals surface area contributed by atoms with Gasteiger partial charge in [0.15, 0.2) is 11.5 Å². The van der Waals surface area contributed by atoms with Crippen LogP contribution in [-0.2, 0) is 7.05 Å². The van der Waals surface area contributed by atoms with E-state index < -0.39 is 22.4 Å². The fraction of sp³-hybridized carbons (Fsp3) is 0.257. The third kappa shape index (κ3) is 3.90. The van der Waals surface area contributed by atoms with Crippen LogP contribution in [0.5, 0.6) is 40.2 Å². The predicted octanol–water partition coefficient (Wildman–Crippen LogP) is 5.52. The van der Waals surface area contributed by atoms with Gasteiger partial charge in [-0.15, -0.1) is 0 Å². The summed E-state index contributed by atoms with van der Waals surface area (Å²) in [5, 5.41) is 34.7. The van der Waals surface area contributed by atoms with Crippen LogP contribution >= 0.6 is 0 Å². The summed E-state index contributed by atoms with van der Waals surface area (Å²) in [6.07, 6.45) is 0.304. The average Bonchev–Trinajstić information content (AvgIpc) is 3.01. The summed E-state index contributed by atoms with van der Waals surface area (Å²) < 4.78 is 24.9. The molecule has 3 heterocycles. The molecule has 0 bridgehead atoms. The number of H-pyrrole nitrogens is 1. The summed E-state index contributed by atoms with van der Waals surface area (Å²) in [6.45, 7) is 3.75. The van der Waals surface area contributed by atoms with Crippen molar-refractivity contribution in [3.8, 4) is 40.2 Å². The topological polar surface area (TPSA) is 152 Å². The molecule has 11 heteroatoms. The quantitative estimate of drug-likeness (QED) is 0.186. The predicted molar refractivity (Wildman–Crippen MR) is 175 cm³/mol. The van der Waals surface area contributed by atoms with Crippen molar-refractivity contribution in [2.45, 2.75) is 31.8 Å². The highest BCUT2D eigenvalue weighted by atomic mass is 16.5. The molecule has 1 unspecified atom stereocenters. The average molecular weight is 625 g/mol. The number of aromatic amines is 1. The second-order valence-corrected chi connectivity index (χ2v) is 12.2. The number of phenolic OH excluding ortho intramolecular Hbond substituents is 3. The summed E-state index contributed by atoms with van der Waals surface area (Å²) in [5.74, 6) is -0.0274. The molecule has 1 atom stereocenters. The second kappa shape index (κ2) is 9.96. The Balaban J connectivity index is 1.63. The van der Waals surface area contributed by atoms with Gasteiger partial charge in [0.25, 0.3) is 0 Å². The zero-order chi connectivity index (χ0) is 32.8. The fourth-order valence-corrected chi connectivity index (χ4v) is 7.14. The molecule has 1 aliphatic heterocycles. The third-order valence-electron chi connectivity index (χ3n) is 9.02. The number of phenols is 3. The number of aromatic hydroxyl groups is 3. The summed E-state index contributed by atoms with van der Waals surface area (Å²) >= 11 is 0. The standard InChI is InChI=1S/C35H32N2O9/c1-35(2)14-17(24-23(46-35)13-20(39)27-30(24)37(3)29-16(32(27)41)8-7-9-19(29)38)25-22(44-5)12-18-26(33(25)42)31(40)15-10-11-21(43-4)34(45-6)28(15)36-18/h7-13,17,38-39,42H,14H2,1-6H3,(H,36,40). The number of aryl methyl sites for hydroxylation is 1. The van der Waals surface area contributed by atoms with E-state index in [1.165, 1.54) is 33.5 Å². The van der Waals surface area contributed by atoms with Crippen molar-refractivity contribution in [3.05, 3.63) is 74.0 Å². The molecule has 4 N–H and O–H groups in total. The van der Waals surface area contributed by atoms with Crippen LogP contribution in [-0.4, -0.2) is 51.8 Å². The van der Waals surface area contributed by atoms with E-state index in [-0.39, 0.29) is 50.1 Å². The van der Waals surface area contributed by atoms with Gasteiger partial charge in [0, 0.05) is 36.2 Å². The molecule has 0 spiro atoms. The molecule has 0 saturated carbocycles. The van der Waals surface area contributed by atoms with Crippen molar-refractivity contribution in [1.82, 2.24) is 9.55 Å². The first kappa shape index (κ1) is 29.1. The zero-order valence-corrected chi connectivity index (χ0v) is 26.1. The van der Waals surface area contributed by atoms with Crippen molar-refractivity contribution in [1.29, 1.82) is 0 Å². The van der Waals surface area contributed by atoms with Crippen molar-refractivity contribution in [3.63, 3.8) is 0 Å². The molecule has 0 aliphatic carbocycles. The molecular weight excluding hydrogens is 592 g/mol. The van der Waals surface area contributed by atoms with Gasteiger partial charge >= 0.3 is 0 Å². The van der Waals surface area contributed by atoms with E-state index in [0.717, 1.165) is 0 Å². The summed E-state index contributed by atoms with van der Waals surface area (Å²) in [5.41, 5.74) is 0.409. The Morgan fingerprint density at radius 3 is 2.26 bits per heavy atom. The Hall–Kier alpha value is -5.58. The van der Waals surface area contributed by atoms with E-state index in [2.05, 4.69) is 4.98 Å². The SMILES string of the molecule is COc1cc2[nH]c3c(OC)c(OC)ccc3c(=O)c2c(O)c1C1CC(C)(C)Oc2cc(O)c3c(=O)c4cccc(O)c4n(C)c3c21. The highest BCUT2D eigenvalue weighted by molar-refractivity contribution is 6.03. The number of methoxy groups -OCH3 is 3. The maximum absolute atomic E-state index is 14.1. The third-order valence-corrected chi connectivity index (χ3v) is 9.02. The Labute approximate surface area is 261 Å². The lowest BCUT2D eigenvalue weighted by Gasteiger charge is -2.39. The number of hydrogen-bond acceptors (Lipinski definition) is 9. The number of fused-ring (bicyclic) bond motifs is 6. The number of ether oxygens (including phenoxy) is 4. The first-order chi connectivity index (χ1) is 21.9. The number of benzene rings is 4. The molecule has 236 valence electrons. The van der Waals surface area contributed by atoms with Crippen LogP contribution in [0.4, 0.5) is 0 Å². The molecule has 0 amide bonds. The lowest BCUT2D eigenvalue weighted by Crippen LogP contribution is -2.36. The van der Waals surface area contributed by atoms with Crippen LogP contribution in [0, 0.1) is 0 Å². The zero-order valence-electron chi connectivity index (χ0n) is 26.1. The maximum atomic E-state index is 14.1. The lowest BCUT2D eigenvalue weighted by molar-refractivity contribution is 0.0771. The van der Waals surface area contributed by atoms with Gasteiger partial charge < -0.3 is 43.8 Å². The molecule has 2 aromatic heterocycles. The van der Waals surface area contributed by atoms with Crippen LogP contribution in [0.25, 0.3) is 43.6 Å². The Kier molecular flexibility index (Phi) is 6.31. The minimum absolute atomic E-state index is 0.0387. The van der Waals surface area contributed by atoms with Crippen molar-refractivity contribution in [2.24, 2.45) is 7.05 Å². The minimum atomic E-state index is -0.804. The van der Waals surface area contributed by atoms with Crippen LogP contribution in [0.15, 0.2) is 52.1 Å². The van der Waals surface area contributed by atoms with Crippen molar-refractivity contribution in [2.75, 3.05) is 21.3 Å². The van der Waals surface area contributed by atoms with E-state index in [4.69, 9.17) is 18.9 Å². The number of aromatic nitrogens is 2. The number of nitrogens with one attached hydrogen (secondary N) is 1. The summed E-state index contributed by atoms with van der Waals surface area (Å²) in [4.78, 5) is 31.1. The first-order valence-electron chi connectivity index (χ1n) is 14.6. The summed E-state index contributed by atoms with van der Waals surface area (Å²) in [7, 11) is 6.13. The minimum Gasteiger partial charge on any atom is -0.507 e. The monoisotopic (exact) mass is 624 g/mol. The van der Waals surface area contributed by atoms with E-state index in [1.807, 2.05) is 13.8 Å². The fourth-order valence-electron chi connectivity index (χ4n) is 7.14. The summed E-state index contributed by atoms with van der Waals surface area (Å²) in [6, 6.07) is 10.9. The molecule has 0 saturated heterocycles. The molecule has 11 nitrogen and oxygen atoms in total. The van der Waals surface area contributed by atoms with E-state index in [9.17, 15) is 24.9 Å². The molecule has 6 aromatic rings. The number of nitrogens with zero attached hydrogens (tertiary/aromatic N) is 1. The normalized spacial score (nSPS) is 15.7. The number of hydrogen-bond donors (Lipinski definition) is 4. The van der Waals surface area contributed by atoms with Crippen LogP contribution in [0.3, 0.4) is 0 Å². The van der Waals surface area contributed by atoms with E-state index in [0.29, 0.717) is 51.3 Å². The number of para-hydroxylation sites is 1. The van der Waals surface area contributed by atoms with Crippen molar-refractivity contribution >= 4 is 43.6 Å². The van der Waals surface area contributed by atoms with Crippen molar-refractivity contribution < 1.29 is 34.3 Å². The molecule has 0 fully saturated rings.